The molecule has 20 heavy (non-hydrogen) atoms. The zero-order valence-electron chi connectivity index (χ0n) is 10.9. The third-order valence-corrected chi connectivity index (χ3v) is 2.83. The standard InChI is InChI=1S/C16H13NO3/c1-18-13-6-8-15(9-7-13)20-14-4-2-12(3-5-14)16-17-10-11-19-16/h2-11H,1H3. The second kappa shape index (κ2) is 5.48. The van der Waals surface area contributed by atoms with Crippen molar-refractivity contribution in [1.82, 2.24) is 4.98 Å². The van der Waals surface area contributed by atoms with Gasteiger partial charge >= 0.3 is 0 Å². The van der Waals surface area contributed by atoms with E-state index in [1.807, 2.05) is 48.5 Å². The smallest absolute Gasteiger partial charge is 0.225 e. The van der Waals surface area contributed by atoms with Crippen molar-refractivity contribution in [3.05, 3.63) is 61.0 Å². The van der Waals surface area contributed by atoms with Crippen molar-refractivity contribution in [2.45, 2.75) is 0 Å². The van der Waals surface area contributed by atoms with Gasteiger partial charge in [0.15, 0.2) is 0 Å². The van der Waals surface area contributed by atoms with E-state index in [1.54, 1.807) is 19.6 Å². The molecule has 0 unspecified atom stereocenters. The van der Waals surface area contributed by atoms with Crippen molar-refractivity contribution in [3.63, 3.8) is 0 Å². The highest BCUT2D eigenvalue weighted by atomic mass is 16.5. The van der Waals surface area contributed by atoms with Gasteiger partial charge in [0.1, 0.15) is 23.5 Å². The monoisotopic (exact) mass is 267 g/mol. The van der Waals surface area contributed by atoms with E-state index in [0.717, 1.165) is 22.8 Å². The van der Waals surface area contributed by atoms with Crippen LogP contribution in [0.5, 0.6) is 17.2 Å². The van der Waals surface area contributed by atoms with Gasteiger partial charge in [0.25, 0.3) is 0 Å². The Morgan fingerprint density at radius 3 is 2.00 bits per heavy atom. The highest BCUT2D eigenvalue weighted by Crippen LogP contribution is 2.26. The maximum atomic E-state index is 5.74. The molecule has 0 aliphatic rings. The molecule has 0 aliphatic carbocycles. The lowest BCUT2D eigenvalue weighted by Crippen LogP contribution is -1.86. The summed E-state index contributed by atoms with van der Waals surface area (Å²) in [6.07, 6.45) is 3.17. The highest BCUT2D eigenvalue weighted by molar-refractivity contribution is 5.54. The van der Waals surface area contributed by atoms with Gasteiger partial charge in [-0.25, -0.2) is 4.98 Å². The summed E-state index contributed by atoms with van der Waals surface area (Å²) in [7, 11) is 1.64. The van der Waals surface area contributed by atoms with Crippen LogP contribution in [0, 0.1) is 0 Å². The van der Waals surface area contributed by atoms with Crippen LogP contribution in [0.4, 0.5) is 0 Å². The van der Waals surface area contributed by atoms with Crippen LogP contribution in [0.15, 0.2) is 65.4 Å². The van der Waals surface area contributed by atoms with Crippen LogP contribution in [-0.2, 0) is 0 Å². The van der Waals surface area contributed by atoms with Crippen LogP contribution >= 0.6 is 0 Å². The third-order valence-electron chi connectivity index (χ3n) is 2.83. The average molecular weight is 267 g/mol. The Kier molecular flexibility index (Phi) is 3.37. The largest absolute Gasteiger partial charge is 0.497 e. The fourth-order valence-corrected chi connectivity index (χ4v) is 1.81. The number of nitrogens with zero attached hydrogens (tertiary/aromatic N) is 1. The second-order valence-corrected chi connectivity index (χ2v) is 4.14. The van der Waals surface area contributed by atoms with Crippen molar-refractivity contribution < 1.29 is 13.9 Å². The number of aromatic nitrogens is 1. The first-order valence-electron chi connectivity index (χ1n) is 6.17. The molecule has 1 aromatic heterocycles. The molecule has 0 fully saturated rings. The van der Waals surface area contributed by atoms with E-state index in [1.165, 1.54) is 0 Å². The van der Waals surface area contributed by atoms with E-state index < -0.39 is 0 Å². The molecule has 0 amide bonds. The highest BCUT2D eigenvalue weighted by Gasteiger charge is 2.03. The van der Waals surface area contributed by atoms with Crippen molar-refractivity contribution in [2.75, 3.05) is 7.11 Å². The Balaban J connectivity index is 1.74. The SMILES string of the molecule is COc1ccc(Oc2ccc(-c3ncco3)cc2)cc1. The Labute approximate surface area is 116 Å². The molecule has 0 N–H and O–H groups in total. The molecule has 0 bridgehead atoms. The maximum Gasteiger partial charge on any atom is 0.225 e. The predicted octanol–water partition coefficient (Wildman–Crippen LogP) is 4.14. The number of benzene rings is 2. The van der Waals surface area contributed by atoms with E-state index in [-0.39, 0.29) is 0 Å². The molecule has 0 aliphatic heterocycles. The van der Waals surface area contributed by atoms with Gasteiger partial charge in [-0.1, -0.05) is 0 Å². The number of rotatable bonds is 4. The quantitative estimate of drug-likeness (QED) is 0.712. The minimum Gasteiger partial charge on any atom is -0.497 e. The Bertz CT molecular complexity index is 658. The van der Waals surface area contributed by atoms with Crippen LogP contribution in [0.25, 0.3) is 11.5 Å². The number of ether oxygens (including phenoxy) is 2. The molecule has 0 spiro atoms. The molecule has 1 heterocycles. The summed E-state index contributed by atoms with van der Waals surface area (Å²) in [5, 5.41) is 0. The number of methoxy groups -OCH3 is 1. The minimum absolute atomic E-state index is 0.598. The number of oxazole rings is 1. The summed E-state index contributed by atoms with van der Waals surface area (Å²) < 4.78 is 16.1. The van der Waals surface area contributed by atoms with Gasteiger partial charge in [-0.15, -0.1) is 0 Å². The van der Waals surface area contributed by atoms with E-state index in [9.17, 15) is 0 Å². The molecule has 3 aromatic rings. The van der Waals surface area contributed by atoms with Crippen LogP contribution < -0.4 is 9.47 Å². The molecule has 100 valence electrons. The lowest BCUT2D eigenvalue weighted by atomic mass is 10.2. The first-order valence-corrected chi connectivity index (χ1v) is 6.17. The van der Waals surface area contributed by atoms with E-state index in [2.05, 4.69) is 4.98 Å². The van der Waals surface area contributed by atoms with Gasteiger partial charge in [0.2, 0.25) is 5.89 Å². The molecule has 3 rings (SSSR count). The molecule has 4 heteroatoms. The lowest BCUT2D eigenvalue weighted by molar-refractivity contribution is 0.413. The van der Waals surface area contributed by atoms with E-state index in [4.69, 9.17) is 13.9 Å². The Morgan fingerprint density at radius 1 is 0.850 bits per heavy atom. The van der Waals surface area contributed by atoms with Gasteiger partial charge in [-0.3, -0.25) is 0 Å². The number of hydrogen-bond acceptors (Lipinski definition) is 4. The minimum atomic E-state index is 0.598. The second-order valence-electron chi connectivity index (χ2n) is 4.14. The van der Waals surface area contributed by atoms with Crippen molar-refractivity contribution in [1.29, 1.82) is 0 Å². The lowest BCUT2D eigenvalue weighted by Gasteiger charge is -2.06. The summed E-state index contributed by atoms with van der Waals surface area (Å²) in [6, 6.07) is 15.0. The predicted molar refractivity (Wildman–Crippen MR) is 75.0 cm³/mol. The number of hydrogen-bond donors (Lipinski definition) is 0. The molecular formula is C16H13NO3. The normalized spacial score (nSPS) is 10.2. The molecule has 0 atom stereocenters. The molecule has 4 nitrogen and oxygen atoms in total. The third kappa shape index (κ3) is 2.64. The summed E-state index contributed by atoms with van der Waals surface area (Å²) in [6.45, 7) is 0. The molecule has 0 radical (unpaired) electrons. The summed E-state index contributed by atoms with van der Waals surface area (Å²) in [4.78, 5) is 4.10. The topological polar surface area (TPSA) is 44.5 Å². The summed E-state index contributed by atoms with van der Waals surface area (Å²) in [5.74, 6) is 2.91. The zero-order valence-corrected chi connectivity index (χ0v) is 10.9. The summed E-state index contributed by atoms with van der Waals surface area (Å²) >= 11 is 0. The maximum absolute atomic E-state index is 5.74. The van der Waals surface area contributed by atoms with Crippen molar-refractivity contribution in [2.24, 2.45) is 0 Å². The molecule has 0 saturated heterocycles. The zero-order chi connectivity index (χ0) is 13.8. The van der Waals surface area contributed by atoms with Gasteiger partial charge in [-0.2, -0.15) is 0 Å². The van der Waals surface area contributed by atoms with Crippen LogP contribution in [0.2, 0.25) is 0 Å². The molecular weight excluding hydrogens is 254 g/mol. The van der Waals surface area contributed by atoms with E-state index in [0.29, 0.717) is 5.89 Å². The fraction of sp³-hybridized carbons (Fsp3) is 0.0625. The average Bonchev–Trinajstić information content (AvgIpc) is 3.03. The first kappa shape index (κ1) is 12.3. The molecule has 2 aromatic carbocycles. The van der Waals surface area contributed by atoms with Gasteiger partial charge in [0.05, 0.1) is 13.3 Å². The van der Waals surface area contributed by atoms with Gasteiger partial charge < -0.3 is 13.9 Å². The van der Waals surface area contributed by atoms with Crippen molar-refractivity contribution >= 4 is 0 Å². The van der Waals surface area contributed by atoms with Crippen LogP contribution in [0.1, 0.15) is 0 Å². The first-order chi connectivity index (χ1) is 9.85. The Hall–Kier alpha value is -2.75. The van der Waals surface area contributed by atoms with Crippen LogP contribution in [0.3, 0.4) is 0 Å². The fourth-order valence-electron chi connectivity index (χ4n) is 1.81. The summed E-state index contributed by atoms with van der Waals surface area (Å²) in [5.41, 5.74) is 0.914. The van der Waals surface area contributed by atoms with Crippen LogP contribution in [-0.4, -0.2) is 12.1 Å². The van der Waals surface area contributed by atoms with Gasteiger partial charge in [0, 0.05) is 5.56 Å². The Morgan fingerprint density at radius 2 is 1.45 bits per heavy atom. The van der Waals surface area contributed by atoms with Gasteiger partial charge in [-0.05, 0) is 48.5 Å². The van der Waals surface area contributed by atoms with Crippen molar-refractivity contribution in [3.8, 4) is 28.7 Å². The molecule has 0 saturated carbocycles. The van der Waals surface area contributed by atoms with E-state index >= 15 is 0 Å².